The third-order valence-electron chi connectivity index (χ3n) is 3.01. The van der Waals surface area contributed by atoms with Gasteiger partial charge in [-0.3, -0.25) is 0 Å². The Morgan fingerprint density at radius 2 is 1.82 bits per heavy atom. The van der Waals surface area contributed by atoms with Crippen molar-refractivity contribution in [2.75, 3.05) is 0 Å². The van der Waals surface area contributed by atoms with Crippen molar-refractivity contribution >= 4 is 22.7 Å². The van der Waals surface area contributed by atoms with Gasteiger partial charge in [0, 0.05) is 5.56 Å². The smallest absolute Gasteiger partial charge is 0.238 e. The minimum Gasteiger partial charge on any atom is -0.435 e. The van der Waals surface area contributed by atoms with E-state index < -0.39 is 11.6 Å². The van der Waals surface area contributed by atoms with Gasteiger partial charge in [0.25, 0.3) is 0 Å². The third-order valence-corrected chi connectivity index (χ3v) is 3.28. The SMILES string of the molecule is Fc1ccc(/C=C(\Cl)c2ncc(-c3ccccc3)o2)cc1F. The zero-order valence-electron chi connectivity index (χ0n) is 11.3. The zero-order chi connectivity index (χ0) is 15.5. The van der Waals surface area contributed by atoms with Gasteiger partial charge in [-0.15, -0.1) is 0 Å². The van der Waals surface area contributed by atoms with Gasteiger partial charge in [0.05, 0.1) is 6.20 Å². The summed E-state index contributed by atoms with van der Waals surface area (Å²) >= 11 is 6.12. The van der Waals surface area contributed by atoms with Crippen LogP contribution in [0.25, 0.3) is 22.4 Å². The molecule has 110 valence electrons. The summed E-state index contributed by atoms with van der Waals surface area (Å²) in [6.45, 7) is 0. The molecule has 0 fully saturated rings. The van der Waals surface area contributed by atoms with Crippen molar-refractivity contribution in [2.45, 2.75) is 0 Å². The summed E-state index contributed by atoms with van der Waals surface area (Å²) in [5.74, 6) is -1.05. The second-order valence-corrected chi connectivity index (χ2v) is 4.97. The lowest BCUT2D eigenvalue weighted by molar-refractivity contribution is 0.508. The molecule has 0 saturated heterocycles. The van der Waals surface area contributed by atoms with Gasteiger partial charge in [-0.1, -0.05) is 48.0 Å². The average molecular weight is 318 g/mol. The minimum absolute atomic E-state index is 0.202. The van der Waals surface area contributed by atoms with E-state index >= 15 is 0 Å². The Morgan fingerprint density at radius 3 is 2.55 bits per heavy atom. The Kier molecular flexibility index (Phi) is 4.02. The molecule has 0 spiro atoms. The van der Waals surface area contributed by atoms with E-state index in [1.54, 1.807) is 6.20 Å². The van der Waals surface area contributed by atoms with Gasteiger partial charge in [-0.2, -0.15) is 0 Å². The van der Waals surface area contributed by atoms with Crippen LogP contribution in [0.4, 0.5) is 8.78 Å². The molecule has 0 saturated carbocycles. The van der Waals surface area contributed by atoms with Gasteiger partial charge in [-0.25, -0.2) is 13.8 Å². The fourth-order valence-electron chi connectivity index (χ4n) is 1.93. The molecule has 2 nitrogen and oxygen atoms in total. The van der Waals surface area contributed by atoms with E-state index in [-0.39, 0.29) is 10.9 Å². The molecule has 3 aromatic rings. The molecule has 0 aliphatic carbocycles. The van der Waals surface area contributed by atoms with Crippen LogP contribution in [0.15, 0.2) is 59.1 Å². The molecule has 0 unspecified atom stereocenters. The summed E-state index contributed by atoms with van der Waals surface area (Å²) in [6.07, 6.45) is 3.02. The molecule has 2 aromatic carbocycles. The fourth-order valence-corrected chi connectivity index (χ4v) is 2.14. The lowest BCUT2D eigenvalue weighted by Gasteiger charge is -1.97. The van der Waals surface area contributed by atoms with Crippen molar-refractivity contribution in [3.05, 3.63) is 77.8 Å². The predicted octanol–water partition coefficient (Wildman–Crippen LogP) is 5.36. The number of benzene rings is 2. The summed E-state index contributed by atoms with van der Waals surface area (Å²) in [5, 5.41) is 0.202. The number of nitrogens with zero attached hydrogens (tertiary/aromatic N) is 1. The molecule has 3 rings (SSSR count). The molecule has 1 heterocycles. The van der Waals surface area contributed by atoms with E-state index in [1.807, 2.05) is 30.3 Å². The summed E-state index contributed by atoms with van der Waals surface area (Å²) in [7, 11) is 0. The second kappa shape index (κ2) is 6.12. The van der Waals surface area contributed by atoms with E-state index in [2.05, 4.69) is 4.98 Å². The number of aromatic nitrogens is 1. The molecule has 0 aliphatic rings. The van der Waals surface area contributed by atoms with Crippen molar-refractivity contribution in [1.29, 1.82) is 0 Å². The maximum atomic E-state index is 13.2. The lowest BCUT2D eigenvalue weighted by atomic mass is 10.2. The first kappa shape index (κ1) is 14.5. The van der Waals surface area contributed by atoms with Gasteiger partial charge in [0.15, 0.2) is 17.4 Å². The molecule has 22 heavy (non-hydrogen) atoms. The number of hydrogen-bond donors (Lipinski definition) is 0. The van der Waals surface area contributed by atoms with Crippen LogP contribution in [-0.4, -0.2) is 4.98 Å². The van der Waals surface area contributed by atoms with Crippen molar-refractivity contribution in [3.63, 3.8) is 0 Å². The van der Waals surface area contributed by atoms with Crippen LogP contribution >= 0.6 is 11.6 Å². The quantitative estimate of drug-likeness (QED) is 0.650. The van der Waals surface area contributed by atoms with E-state index in [9.17, 15) is 8.78 Å². The van der Waals surface area contributed by atoms with Gasteiger partial charge < -0.3 is 4.42 Å². The van der Waals surface area contributed by atoms with Crippen LogP contribution in [0.1, 0.15) is 11.5 Å². The summed E-state index contributed by atoms with van der Waals surface area (Å²) in [5.41, 5.74) is 1.29. The first-order valence-corrected chi connectivity index (χ1v) is 6.85. The number of rotatable bonds is 3. The number of oxazole rings is 1. The highest BCUT2D eigenvalue weighted by Crippen LogP contribution is 2.27. The van der Waals surface area contributed by atoms with Gasteiger partial charge >= 0.3 is 0 Å². The molecule has 0 N–H and O–H groups in total. The first-order chi connectivity index (χ1) is 10.6. The fraction of sp³-hybridized carbons (Fsp3) is 0. The second-order valence-electron chi connectivity index (χ2n) is 4.56. The Hall–Kier alpha value is -2.46. The molecule has 0 aliphatic heterocycles. The van der Waals surface area contributed by atoms with Crippen LogP contribution in [-0.2, 0) is 0 Å². The van der Waals surface area contributed by atoms with Gasteiger partial charge in [0.1, 0.15) is 5.03 Å². The summed E-state index contributed by atoms with van der Waals surface area (Å²) < 4.78 is 31.6. The first-order valence-electron chi connectivity index (χ1n) is 6.47. The maximum absolute atomic E-state index is 13.2. The van der Waals surface area contributed by atoms with Crippen LogP contribution in [0.2, 0.25) is 0 Å². The topological polar surface area (TPSA) is 26.0 Å². The van der Waals surface area contributed by atoms with Crippen LogP contribution < -0.4 is 0 Å². The summed E-state index contributed by atoms with van der Waals surface area (Å²) in [4.78, 5) is 4.09. The van der Waals surface area contributed by atoms with E-state index in [1.165, 1.54) is 12.1 Å². The Balaban J connectivity index is 1.89. The minimum atomic E-state index is -0.935. The molecular weight excluding hydrogens is 308 g/mol. The normalized spacial score (nSPS) is 11.7. The predicted molar refractivity (Wildman–Crippen MR) is 82.0 cm³/mol. The van der Waals surface area contributed by atoms with Crippen molar-refractivity contribution in [2.24, 2.45) is 0 Å². The molecule has 0 radical (unpaired) electrons. The highest BCUT2D eigenvalue weighted by Gasteiger charge is 2.10. The highest BCUT2D eigenvalue weighted by molar-refractivity contribution is 6.50. The molecule has 1 aromatic heterocycles. The Bertz CT molecular complexity index is 828. The van der Waals surface area contributed by atoms with Crippen molar-refractivity contribution < 1.29 is 13.2 Å². The standard InChI is InChI=1S/C17H10ClF2NO/c18-13(8-11-6-7-14(19)15(20)9-11)17-21-10-16(22-17)12-4-2-1-3-5-12/h1-10H/b13-8-. The third kappa shape index (κ3) is 3.07. The average Bonchev–Trinajstić information content (AvgIpc) is 3.02. The molecule has 0 atom stereocenters. The Labute approximate surface area is 130 Å². The maximum Gasteiger partial charge on any atom is 0.238 e. The lowest BCUT2D eigenvalue weighted by Crippen LogP contribution is -1.84. The molecular formula is C17H10ClF2NO. The van der Waals surface area contributed by atoms with Gasteiger partial charge in [-0.05, 0) is 23.8 Å². The van der Waals surface area contributed by atoms with Crippen LogP contribution in [0.3, 0.4) is 0 Å². The molecule has 0 bridgehead atoms. The van der Waals surface area contributed by atoms with Crippen molar-refractivity contribution in [1.82, 2.24) is 4.98 Å². The summed E-state index contributed by atoms with van der Waals surface area (Å²) in [6, 6.07) is 13.0. The van der Waals surface area contributed by atoms with Crippen LogP contribution in [0.5, 0.6) is 0 Å². The molecule has 0 amide bonds. The molecule has 5 heteroatoms. The van der Waals surface area contributed by atoms with Crippen LogP contribution in [0, 0.1) is 11.6 Å². The van der Waals surface area contributed by atoms with E-state index in [4.69, 9.17) is 16.0 Å². The van der Waals surface area contributed by atoms with Gasteiger partial charge in [0.2, 0.25) is 5.89 Å². The van der Waals surface area contributed by atoms with E-state index in [0.717, 1.165) is 17.7 Å². The Morgan fingerprint density at radius 1 is 1.05 bits per heavy atom. The largest absolute Gasteiger partial charge is 0.435 e. The number of halogens is 3. The number of hydrogen-bond acceptors (Lipinski definition) is 2. The zero-order valence-corrected chi connectivity index (χ0v) is 12.0. The highest BCUT2D eigenvalue weighted by atomic mass is 35.5. The monoisotopic (exact) mass is 317 g/mol. The van der Waals surface area contributed by atoms with Crippen molar-refractivity contribution in [3.8, 4) is 11.3 Å². The van der Waals surface area contributed by atoms with E-state index in [0.29, 0.717) is 11.3 Å².